The van der Waals surface area contributed by atoms with Gasteiger partial charge in [-0.05, 0) is 43.7 Å². The number of nitrogens with one attached hydrogen (secondary N) is 1. The van der Waals surface area contributed by atoms with Gasteiger partial charge in [0.25, 0.3) is 5.56 Å². The summed E-state index contributed by atoms with van der Waals surface area (Å²) in [6.07, 6.45) is 3.96. The first-order chi connectivity index (χ1) is 10.0. The predicted octanol–water partition coefficient (Wildman–Crippen LogP) is 4.02. The van der Waals surface area contributed by atoms with Crippen molar-refractivity contribution in [3.05, 3.63) is 51.4 Å². The van der Waals surface area contributed by atoms with Crippen LogP contribution in [0.3, 0.4) is 0 Å². The Morgan fingerprint density at radius 1 is 1.24 bits per heavy atom. The maximum Gasteiger partial charge on any atom is 0.274 e. The Balaban J connectivity index is 2.50. The number of H-pyrrole nitrogens is 1. The lowest BCUT2D eigenvalue weighted by Gasteiger charge is -2.06. The second-order valence-corrected chi connectivity index (χ2v) is 6.20. The number of para-hydroxylation sites is 1. The molecule has 0 radical (unpaired) electrons. The summed E-state index contributed by atoms with van der Waals surface area (Å²) in [5, 5.41) is 3.35. The molecule has 1 N–H and O–H groups in total. The molecule has 0 saturated carbocycles. The smallest absolute Gasteiger partial charge is 0.274 e. The second-order valence-electron chi connectivity index (χ2n) is 6.20. The van der Waals surface area contributed by atoms with Crippen LogP contribution in [-0.2, 0) is 12.8 Å². The Hall–Kier alpha value is -1.77. The van der Waals surface area contributed by atoms with Crippen molar-refractivity contribution >= 4 is 0 Å². The molecule has 114 valence electrons. The fourth-order valence-electron chi connectivity index (χ4n) is 2.69. The van der Waals surface area contributed by atoms with Crippen molar-refractivity contribution in [2.45, 2.75) is 53.4 Å². The van der Waals surface area contributed by atoms with E-state index in [1.807, 2.05) is 31.2 Å². The fraction of sp³-hybridized carbons (Fsp3) is 0.500. The van der Waals surface area contributed by atoms with E-state index < -0.39 is 0 Å². The van der Waals surface area contributed by atoms with Crippen LogP contribution in [0.25, 0.3) is 5.69 Å². The molecule has 1 aromatic carbocycles. The first kappa shape index (κ1) is 15.6. The lowest BCUT2D eigenvalue weighted by atomic mass is 10.0. The highest BCUT2D eigenvalue weighted by atomic mass is 16.1. The zero-order valence-electron chi connectivity index (χ0n) is 13.6. The molecule has 0 spiro atoms. The SMILES string of the molecule is CCCCc1c(CC(C)C)[nH]n(-c2ccccc2C)c1=O. The third-order valence-corrected chi connectivity index (χ3v) is 3.82. The van der Waals surface area contributed by atoms with E-state index in [0.717, 1.165) is 48.2 Å². The molecule has 0 unspecified atom stereocenters. The quantitative estimate of drug-likeness (QED) is 0.856. The van der Waals surface area contributed by atoms with E-state index in [1.165, 1.54) is 0 Å². The Kier molecular flexibility index (Phi) is 5.05. The molecule has 21 heavy (non-hydrogen) atoms. The molecule has 2 aromatic rings. The lowest BCUT2D eigenvalue weighted by Crippen LogP contribution is -2.18. The van der Waals surface area contributed by atoms with Gasteiger partial charge >= 0.3 is 0 Å². The van der Waals surface area contributed by atoms with Crippen molar-refractivity contribution in [1.29, 1.82) is 0 Å². The average Bonchev–Trinajstić information content (AvgIpc) is 2.73. The number of aromatic nitrogens is 2. The Bertz CT molecular complexity index is 649. The summed E-state index contributed by atoms with van der Waals surface area (Å²) in [6.45, 7) is 8.57. The standard InChI is InChI=1S/C18H26N2O/c1-5-6-10-15-16(12-13(2)3)19-20(18(15)21)17-11-8-7-9-14(17)4/h7-9,11,13,19H,5-6,10,12H2,1-4H3. The molecule has 2 rings (SSSR count). The molecule has 0 fully saturated rings. The van der Waals surface area contributed by atoms with Gasteiger partial charge in [-0.2, -0.15) is 0 Å². The van der Waals surface area contributed by atoms with Crippen LogP contribution in [0.2, 0.25) is 0 Å². The molecule has 3 heteroatoms. The van der Waals surface area contributed by atoms with Crippen molar-refractivity contribution < 1.29 is 0 Å². The van der Waals surface area contributed by atoms with E-state index >= 15 is 0 Å². The van der Waals surface area contributed by atoms with Gasteiger partial charge in [0.1, 0.15) is 0 Å². The van der Waals surface area contributed by atoms with E-state index in [1.54, 1.807) is 4.68 Å². The Morgan fingerprint density at radius 2 is 1.95 bits per heavy atom. The minimum Gasteiger partial charge on any atom is -0.295 e. The van der Waals surface area contributed by atoms with Crippen LogP contribution in [0.4, 0.5) is 0 Å². The second kappa shape index (κ2) is 6.79. The first-order valence-electron chi connectivity index (χ1n) is 7.93. The van der Waals surface area contributed by atoms with Gasteiger partial charge in [0.2, 0.25) is 0 Å². The van der Waals surface area contributed by atoms with Crippen LogP contribution >= 0.6 is 0 Å². The zero-order valence-corrected chi connectivity index (χ0v) is 13.6. The molecular formula is C18H26N2O. The molecule has 0 aliphatic carbocycles. The largest absolute Gasteiger partial charge is 0.295 e. The van der Waals surface area contributed by atoms with Gasteiger partial charge in [0.05, 0.1) is 5.69 Å². The monoisotopic (exact) mass is 286 g/mol. The molecule has 3 nitrogen and oxygen atoms in total. The molecule has 1 heterocycles. The van der Waals surface area contributed by atoms with Gasteiger partial charge in [-0.1, -0.05) is 45.4 Å². The predicted molar refractivity (Wildman–Crippen MR) is 88.3 cm³/mol. The summed E-state index contributed by atoms with van der Waals surface area (Å²) in [7, 11) is 0. The summed E-state index contributed by atoms with van der Waals surface area (Å²) in [5.41, 5.74) is 4.25. The van der Waals surface area contributed by atoms with Gasteiger partial charge < -0.3 is 0 Å². The minimum atomic E-state index is 0.119. The average molecular weight is 286 g/mol. The van der Waals surface area contributed by atoms with Crippen molar-refractivity contribution in [3.63, 3.8) is 0 Å². The van der Waals surface area contributed by atoms with Crippen molar-refractivity contribution in [3.8, 4) is 5.69 Å². The Morgan fingerprint density at radius 3 is 2.57 bits per heavy atom. The highest BCUT2D eigenvalue weighted by Gasteiger charge is 2.16. The van der Waals surface area contributed by atoms with Crippen LogP contribution in [0.1, 0.15) is 50.4 Å². The van der Waals surface area contributed by atoms with Gasteiger partial charge in [0, 0.05) is 11.3 Å². The number of aromatic amines is 1. The summed E-state index contributed by atoms with van der Waals surface area (Å²) >= 11 is 0. The van der Waals surface area contributed by atoms with Gasteiger partial charge in [0.15, 0.2) is 0 Å². The molecule has 0 amide bonds. The fourth-order valence-corrected chi connectivity index (χ4v) is 2.69. The summed E-state index contributed by atoms with van der Waals surface area (Å²) in [5.74, 6) is 0.536. The van der Waals surface area contributed by atoms with Crippen LogP contribution < -0.4 is 5.56 Å². The van der Waals surface area contributed by atoms with E-state index in [9.17, 15) is 4.79 Å². The van der Waals surface area contributed by atoms with Gasteiger partial charge in [-0.15, -0.1) is 0 Å². The normalized spacial score (nSPS) is 11.3. The number of hydrogen-bond donors (Lipinski definition) is 1. The van der Waals surface area contributed by atoms with Gasteiger partial charge in [-0.25, -0.2) is 4.68 Å². The number of benzene rings is 1. The number of aryl methyl sites for hydroxylation is 1. The molecule has 1 aromatic heterocycles. The number of unbranched alkanes of at least 4 members (excludes halogenated alkanes) is 1. The molecule has 0 saturated heterocycles. The molecule has 0 aliphatic heterocycles. The van der Waals surface area contributed by atoms with Crippen LogP contribution in [-0.4, -0.2) is 9.78 Å². The van der Waals surface area contributed by atoms with E-state index in [-0.39, 0.29) is 5.56 Å². The van der Waals surface area contributed by atoms with Crippen LogP contribution in [0.15, 0.2) is 29.1 Å². The summed E-state index contributed by atoms with van der Waals surface area (Å²) in [4.78, 5) is 12.8. The Labute approximate surface area is 127 Å². The molecule has 0 aliphatic rings. The van der Waals surface area contributed by atoms with Crippen LogP contribution in [0.5, 0.6) is 0 Å². The zero-order chi connectivity index (χ0) is 15.4. The number of nitrogens with zero attached hydrogens (tertiary/aromatic N) is 1. The van der Waals surface area contributed by atoms with E-state index in [0.29, 0.717) is 5.92 Å². The number of hydrogen-bond acceptors (Lipinski definition) is 1. The third-order valence-electron chi connectivity index (χ3n) is 3.82. The lowest BCUT2D eigenvalue weighted by molar-refractivity contribution is 0.622. The highest BCUT2D eigenvalue weighted by Crippen LogP contribution is 2.16. The maximum atomic E-state index is 12.8. The van der Waals surface area contributed by atoms with Crippen LogP contribution in [0, 0.1) is 12.8 Å². The van der Waals surface area contributed by atoms with E-state index in [2.05, 4.69) is 25.9 Å². The molecule has 0 bridgehead atoms. The molecule has 0 atom stereocenters. The topological polar surface area (TPSA) is 37.8 Å². The van der Waals surface area contributed by atoms with Crippen molar-refractivity contribution in [2.75, 3.05) is 0 Å². The summed E-state index contributed by atoms with van der Waals surface area (Å²) in [6, 6.07) is 8.01. The van der Waals surface area contributed by atoms with Crippen molar-refractivity contribution in [2.24, 2.45) is 5.92 Å². The first-order valence-corrected chi connectivity index (χ1v) is 7.93. The van der Waals surface area contributed by atoms with E-state index in [4.69, 9.17) is 0 Å². The maximum absolute atomic E-state index is 12.8. The summed E-state index contributed by atoms with van der Waals surface area (Å²) < 4.78 is 1.72. The van der Waals surface area contributed by atoms with Crippen molar-refractivity contribution in [1.82, 2.24) is 9.78 Å². The molecular weight excluding hydrogens is 260 g/mol. The minimum absolute atomic E-state index is 0.119. The number of rotatable bonds is 6. The van der Waals surface area contributed by atoms with Gasteiger partial charge in [-0.3, -0.25) is 9.89 Å². The highest BCUT2D eigenvalue weighted by molar-refractivity contribution is 5.40. The third kappa shape index (κ3) is 3.46.